The predicted molar refractivity (Wildman–Crippen MR) is 57.0 cm³/mol. The average Bonchev–Trinajstić information content (AvgIpc) is 2.65. The van der Waals surface area contributed by atoms with Crippen LogP contribution >= 0.6 is 0 Å². The predicted octanol–water partition coefficient (Wildman–Crippen LogP) is 1.67. The maximum Gasteiger partial charge on any atom is 0.0830 e. The van der Waals surface area contributed by atoms with Crippen molar-refractivity contribution >= 4 is 0 Å². The molecule has 2 unspecified atom stereocenters. The lowest BCUT2D eigenvalue weighted by Gasteiger charge is -2.18. The SMILES string of the molecule is CN1CCC(C(O)c2ccccc2)C1. The van der Waals surface area contributed by atoms with Crippen molar-refractivity contribution in [3.05, 3.63) is 35.9 Å². The van der Waals surface area contributed by atoms with Crippen LogP contribution in [-0.4, -0.2) is 30.1 Å². The molecule has 1 N–H and O–H groups in total. The molecule has 1 saturated heterocycles. The molecule has 1 fully saturated rings. The van der Waals surface area contributed by atoms with E-state index in [-0.39, 0.29) is 6.10 Å². The zero-order valence-corrected chi connectivity index (χ0v) is 8.56. The molecule has 1 aromatic rings. The largest absolute Gasteiger partial charge is 0.388 e. The number of nitrogens with zero attached hydrogens (tertiary/aromatic N) is 1. The summed E-state index contributed by atoms with van der Waals surface area (Å²) in [6, 6.07) is 9.96. The molecule has 0 aromatic heterocycles. The topological polar surface area (TPSA) is 23.5 Å². The van der Waals surface area contributed by atoms with Crippen LogP contribution in [0.15, 0.2) is 30.3 Å². The van der Waals surface area contributed by atoms with Gasteiger partial charge in [-0.2, -0.15) is 0 Å². The van der Waals surface area contributed by atoms with Gasteiger partial charge in [-0.3, -0.25) is 0 Å². The Hall–Kier alpha value is -0.860. The second-order valence-electron chi connectivity index (χ2n) is 4.17. The summed E-state index contributed by atoms with van der Waals surface area (Å²) < 4.78 is 0. The molecule has 0 spiro atoms. The molecule has 2 nitrogen and oxygen atoms in total. The summed E-state index contributed by atoms with van der Waals surface area (Å²) in [5.41, 5.74) is 1.05. The van der Waals surface area contributed by atoms with Crippen LogP contribution in [0.5, 0.6) is 0 Å². The highest BCUT2D eigenvalue weighted by Crippen LogP contribution is 2.28. The van der Waals surface area contributed by atoms with Crippen molar-refractivity contribution in [2.75, 3.05) is 20.1 Å². The van der Waals surface area contributed by atoms with E-state index in [2.05, 4.69) is 11.9 Å². The number of rotatable bonds is 2. The normalized spacial score (nSPS) is 25.1. The molecule has 1 aromatic carbocycles. The van der Waals surface area contributed by atoms with Gasteiger partial charge in [0, 0.05) is 12.5 Å². The smallest absolute Gasteiger partial charge is 0.0830 e. The fourth-order valence-corrected chi connectivity index (χ4v) is 2.15. The first kappa shape index (κ1) is 9.69. The second kappa shape index (κ2) is 4.11. The number of benzene rings is 1. The zero-order valence-electron chi connectivity index (χ0n) is 8.56. The molecule has 2 rings (SSSR count). The average molecular weight is 191 g/mol. The molecule has 1 heterocycles. The minimum atomic E-state index is -0.291. The molecular formula is C12H17NO. The molecule has 0 radical (unpaired) electrons. The second-order valence-corrected chi connectivity index (χ2v) is 4.17. The van der Waals surface area contributed by atoms with Gasteiger partial charge in [0.05, 0.1) is 6.10 Å². The minimum Gasteiger partial charge on any atom is -0.388 e. The number of likely N-dealkylation sites (tertiary alicyclic amines) is 1. The molecular weight excluding hydrogens is 174 g/mol. The van der Waals surface area contributed by atoms with Crippen LogP contribution in [0.2, 0.25) is 0 Å². The van der Waals surface area contributed by atoms with Crippen molar-refractivity contribution in [2.45, 2.75) is 12.5 Å². The summed E-state index contributed by atoms with van der Waals surface area (Å²) >= 11 is 0. The van der Waals surface area contributed by atoms with Gasteiger partial charge in [0.15, 0.2) is 0 Å². The number of hydrogen-bond donors (Lipinski definition) is 1. The molecule has 76 valence electrons. The third kappa shape index (κ3) is 1.97. The van der Waals surface area contributed by atoms with E-state index in [1.54, 1.807) is 0 Å². The zero-order chi connectivity index (χ0) is 9.97. The van der Waals surface area contributed by atoms with E-state index < -0.39 is 0 Å². The van der Waals surface area contributed by atoms with Crippen molar-refractivity contribution in [1.82, 2.24) is 4.90 Å². The van der Waals surface area contributed by atoms with Gasteiger partial charge in [-0.1, -0.05) is 30.3 Å². The highest BCUT2D eigenvalue weighted by Gasteiger charge is 2.26. The third-order valence-electron chi connectivity index (χ3n) is 3.02. The summed E-state index contributed by atoms with van der Waals surface area (Å²) in [7, 11) is 2.11. The Morgan fingerprint density at radius 1 is 1.36 bits per heavy atom. The van der Waals surface area contributed by atoms with Crippen LogP contribution in [0.3, 0.4) is 0 Å². The van der Waals surface area contributed by atoms with Crippen molar-refractivity contribution in [1.29, 1.82) is 0 Å². The Morgan fingerprint density at radius 2 is 2.07 bits per heavy atom. The van der Waals surface area contributed by atoms with Crippen molar-refractivity contribution in [2.24, 2.45) is 5.92 Å². The quantitative estimate of drug-likeness (QED) is 0.768. The maximum absolute atomic E-state index is 10.1. The Kier molecular flexibility index (Phi) is 2.85. The monoisotopic (exact) mass is 191 g/mol. The van der Waals surface area contributed by atoms with Crippen LogP contribution < -0.4 is 0 Å². The molecule has 0 aliphatic carbocycles. The van der Waals surface area contributed by atoms with E-state index in [9.17, 15) is 5.11 Å². The minimum absolute atomic E-state index is 0.291. The first-order valence-electron chi connectivity index (χ1n) is 5.19. The van der Waals surface area contributed by atoms with Gasteiger partial charge >= 0.3 is 0 Å². The van der Waals surface area contributed by atoms with E-state index in [0.29, 0.717) is 5.92 Å². The molecule has 14 heavy (non-hydrogen) atoms. The Bertz CT molecular complexity index is 286. The van der Waals surface area contributed by atoms with E-state index in [1.165, 1.54) is 0 Å². The standard InChI is InChI=1S/C12H17NO/c1-13-8-7-11(9-13)12(14)10-5-3-2-4-6-10/h2-6,11-12,14H,7-9H2,1H3. The molecule has 0 saturated carbocycles. The fourth-order valence-electron chi connectivity index (χ4n) is 2.15. The van der Waals surface area contributed by atoms with Crippen LogP contribution in [0, 0.1) is 5.92 Å². The number of hydrogen-bond acceptors (Lipinski definition) is 2. The van der Waals surface area contributed by atoms with Gasteiger partial charge in [0.2, 0.25) is 0 Å². The van der Waals surface area contributed by atoms with Crippen LogP contribution in [-0.2, 0) is 0 Å². The number of aliphatic hydroxyl groups is 1. The van der Waals surface area contributed by atoms with E-state index in [4.69, 9.17) is 0 Å². The van der Waals surface area contributed by atoms with Gasteiger partial charge in [-0.15, -0.1) is 0 Å². The van der Waals surface area contributed by atoms with Gasteiger partial charge in [0.1, 0.15) is 0 Å². The van der Waals surface area contributed by atoms with E-state index >= 15 is 0 Å². The Balaban J connectivity index is 2.05. The molecule has 2 heteroatoms. The van der Waals surface area contributed by atoms with Gasteiger partial charge in [-0.25, -0.2) is 0 Å². The van der Waals surface area contributed by atoms with Crippen LogP contribution in [0.25, 0.3) is 0 Å². The lowest BCUT2D eigenvalue weighted by atomic mass is 9.95. The molecule has 1 aliphatic rings. The van der Waals surface area contributed by atoms with Crippen LogP contribution in [0.1, 0.15) is 18.1 Å². The van der Waals surface area contributed by atoms with Crippen molar-refractivity contribution < 1.29 is 5.11 Å². The maximum atomic E-state index is 10.1. The summed E-state index contributed by atoms with van der Waals surface area (Å²) in [6.07, 6.45) is 0.813. The fraction of sp³-hybridized carbons (Fsp3) is 0.500. The highest BCUT2D eigenvalue weighted by molar-refractivity contribution is 5.18. The lowest BCUT2D eigenvalue weighted by Crippen LogP contribution is -2.18. The van der Waals surface area contributed by atoms with E-state index in [0.717, 1.165) is 25.1 Å². The third-order valence-corrected chi connectivity index (χ3v) is 3.02. The van der Waals surface area contributed by atoms with E-state index in [1.807, 2.05) is 30.3 Å². The summed E-state index contributed by atoms with van der Waals surface area (Å²) in [5, 5.41) is 10.1. The lowest BCUT2D eigenvalue weighted by molar-refractivity contribution is 0.113. The molecule has 2 atom stereocenters. The van der Waals surface area contributed by atoms with Gasteiger partial charge in [-0.05, 0) is 25.6 Å². The first-order chi connectivity index (χ1) is 6.77. The summed E-state index contributed by atoms with van der Waals surface area (Å²) in [4.78, 5) is 2.27. The highest BCUT2D eigenvalue weighted by atomic mass is 16.3. The first-order valence-corrected chi connectivity index (χ1v) is 5.19. The molecule has 1 aliphatic heterocycles. The number of aliphatic hydroxyl groups excluding tert-OH is 1. The van der Waals surface area contributed by atoms with Gasteiger partial charge in [0.25, 0.3) is 0 Å². The Morgan fingerprint density at radius 3 is 2.64 bits per heavy atom. The molecule has 0 amide bonds. The van der Waals surface area contributed by atoms with Crippen molar-refractivity contribution in [3.8, 4) is 0 Å². The summed E-state index contributed by atoms with van der Waals surface area (Å²) in [6.45, 7) is 2.12. The van der Waals surface area contributed by atoms with Gasteiger partial charge < -0.3 is 10.0 Å². The van der Waals surface area contributed by atoms with Crippen LogP contribution in [0.4, 0.5) is 0 Å². The Labute approximate surface area is 85.2 Å². The molecule has 0 bridgehead atoms. The summed E-state index contributed by atoms with van der Waals surface area (Å²) in [5.74, 6) is 0.405. The van der Waals surface area contributed by atoms with Crippen molar-refractivity contribution in [3.63, 3.8) is 0 Å².